The van der Waals surface area contributed by atoms with Crippen LogP contribution in [-0.4, -0.2) is 64.4 Å². The van der Waals surface area contributed by atoms with Crippen LogP contribution in [0.4, 0.5) is 4.79 Å². The molecule has 1 fully saturated rings. The van der Waals surface area contributed by atoms with Crippen molar-refractivity contribution in [2.24, 2.45) is 0 Å². The lowest BCUT2D eigenvalue weighted by Crippen LogP contribution is -2.49. The minimum Gasteiger partial charge on any atom is -0.444 e. The Kier molecular flexibility index (Phi) is 5.96. The number of hydrogen-bond acceptors (Lipinski definition) is 5. The molecule has 1 aliphatic rings. The van der Waals surface area contributed by atoms with Crippen molar-refractivity contribution in [1.29, 1.82) is 0 Å². The quantitative estimate of drug-likeness (QED) is 0.914. The zero-order valence-electron chi connectivity index (χ0n) is 14.3. The lowest BCUT2D eigenvalue weighted by Gasteiger charge is -2.35. The molecule has 2 rings (SSSR count). The zero-order valence-corrected chi connectivity index (χ0v) is 14.3. The lowest BCUT2D eigenvalue weighted by molar-refractivity contribution is 0.0139. The van der Waals surface area contributed by atoms with Crippen LogP contribution in [0, 0.1) is 0 Å². The van der Waals surface area contributed by atoms with Gasteiger partial charge in [-0.25, -0.2) is 4.79 Å². The number of nitrogens with zero attached hydrogens (tertiary/aromatic N) is 3. The van der Waals surface area contributed by atoms with Crippen LogP contribution >= 0.6 is 0 Å². The van der Waals surface area contributed by atoms with Crippen LogP contribution in [0.2, 0.25) is 0 Å². The van der Waals surface area contributed by atoms with Crippen molar-refractivity contribution in [2.75, 3.05) is 32.8 Å². The van der Waals surface area contributed by atoms with Crippen molar-refractivity contribution < 1.29 is 14.6 Å². The molecule has 0 bridgehead atoms. The standard InChI is InChI=1S/C17H27N3O3/c1-17(2,3)23-16(22)20-9-7-19(8-10-20)13-14-4-5-15(6-11-21)18-12-14/h4-5,12,21H,6-11,13H2,1-3H3. The van der Waals surface area contributed by atoms with Crippen LogP contribution in [-0.2, 0) is 17.7 Å². The minimum absolute atomic E-state index is 0.124. The maximum absolute atomic E-state index is 12.0. The maximum Gasteiger partial charge on any atom is 0.410 e. The van der Waals surface area contributed by atoms with Gasteiger partial charge in [-0.05, 0) is 32.4 Å². The van der Waals surface area contributed by atoms with Crippen molar-refractivity contribution in [1.82, 2.24) is 14.8 Å². The number of amides is 1. The smallest absolute Gasteiger partial charge is 0.410 e. The largest absolute Gasteiger partial charge is 0.444 e. The first-order valence-corrected chi connectivity index (χ1v) is 8.12. The van der Waals surface area contributed by atoms with Gasteiger partial charge in [-0.3, -0.25) is 9.88 Å². The SMILES string of the molecule is CC(C)(C)OC(=O)N1CCN(Cc2ccc(CCO)nc2)CC1. The van der Waals surface area contributed by atoms with Crippen LogP contribution in [0.15, 0.2) is 18.3 Å². The fraction of sp³-hybridized carbons (Fsp3) is 0.647. The van der Waals surface area contributed by atoms with E-state index < -0.39 is 5.60 Å². The second-order valence-electron chi connectivity index (χ2n) is 6.87. The lowest BCUT2D eigenvalue weighted by atomic mass is 10.2. The van der Waals surface area contributed by atoms with Gasteiger partial charge < -0.3 is 14.7 Å². The molecule has 23 heavy (non-hydrogen) atoms. The van der Waals surface area contributed by atoms with E-state index in [9.17, 15) is 4.79 Å². The summed E-state index contributed by atoms with van der Waals surface area (Å²) in [5.41, 5.74) is 1.61. The Balaban J connectivity index is 1.79. The average molecular weight is 321 g/mol. The number of carbonyl (C=O) groups is 1. The summed E-state index contributed by atoms with van der Waals surface area (Å²) in [6.45, 7) is 9.64. The first-order valence-electron chi connectivity index (χ1n) is 8.12. The fourth-order valence-electron chi connectivity index (χ4n) is 2.48. The number of piperazine rings is 1. The summed E-state index contributed by atoms with van der Waals surface area (Å²) in [6.07, 6.45) is 2.23. The van der Waals surface area contributed by atoms with Crippen molar-refractivity contribution >= 4 is 6.09 Å². The molecule has 6 nitrogen and oxygen atoms in total. The van der Waals surface area contributed by atoms with Gasteiger partial charge in [0.25, 0.3) is 0 Å². The molecule has 1 N–H and O–H groups in total. The first kappa shape index (κ1) is 17.7. The van der Waals surface area contributed by atoms with Crippen LogP contribution < -0.4 is 0 Å². The maximum atomic E-state index is 12.0. The summed E-state index contributed by atoms with van der Waals surface area (Å²) in [4.78, 5) is 20.5. The third-order valence-corrected chi connectivity index (χ3v) is 3.68. The fourth-order valence-corrected chi connectivity index (χ4v) is 2.48. The molecule has 0 atom stereocenters. The van der Waals surface area contributed by atoms with Gasteiger partial charge in [0, 0.05) is 57.6 Å². The molecule has 1 aromatic rings. The summed E-state index contributed by atoms with van der Waals surface area (Å²) in [7, 11) is 0. The Morgan fingerprint density at radius 1 is 1.26 bits per heavy atom. The molecule has 0 aliphatic carbocycles. The second kappa shape index (κ2) is 7.75. The number of rotatable bonds is 4. The topological polar surface area (TPSA) is 65.9 Å². The van der Waals surface area contributed by atoms with Gasteiger partial charge >= 0.3 is 6.09 Å². The average Bonchev–Trinajstić information content (AvgIpc) is 2.48. The van der Waals surface area contributed by atoms with Crippen molar-refractivity contribution in [3.63, 3.8) is 0 Å². The predicted octanol–water partition coefficient (Wildman–Crippen LogP) is 1.67. The number of aliphatic hydroxyl groups is 1. The molecule has 0 unspecified atom stereocenters. The van der Waals surface area contributed by atoms with E-state index in [-0.39, 0.29) is 12.7 Å². The molecule has 1 amide bonds. The van der Waals surface area contributed by atoms with Crippen LogP contribution in [0.3, 0.4) is 0 Å². The highest BCUT2D eigenvalue weighted by Gasteiger charge is 2.25. The molecule has 0 saturated carbocycles. The first-order chi connectivity index (χ1) is 10.9. The molecular weight excluding hydrogens is 294 g/mol. The Labute approximate surface area is 138 Å². The number of hydrogen-bond donors (Lipinski definition) is 1. The van der Waals surface area contributed by atoms with E-state index in [2.05, 4.69) is 16.0 Å². The van der Waals surface area contributed by atoms with Crippen molar-refractivity contribution in [2.45, 2.75) is 39.3 Å². The number of aliphatic hydroxyl groups excluding tert-OH is 1. The molecule has 0 aromatic carbocycles. The van der Waals surface area contributed by atoms with E-state index >= 15 is 0 Å². The highest BCUT2D eigenvalue weighted by atomic mass is 16.6. The van der Waals surface area contributed by atoms with Gasteiger partial charge in [-0.15, -0.1) is 0 Å². The second-order valence-corrected chi connectivity index (χ2v) is 6.87. The van der Waals surface area contributed by atoms with Gasteiger partial charge in [0.1, 0.15) is 5.60 Å². The third kappa shape index (κ3) is 5.80. The summed E-state index contributed by atoms with van der Waals surface area (Å²) in [5, 5.41) is 8.90. The van der Waals surface area contributed by atoms with E-state index in [4.69, 9.17) is 9.84 Å². The molecule has 0 radical (unpaired) electrons. The van der Waals surface area contributed by atoms with E-state index in [0.29, 0.717) is 19.5 Å². The predicted molar refractivity (Wildman–Crippen MR) is 88.1 cm³/mol. The van der Waals surface area contributed by atoms with Crippen LogP contribution in [0.1, 0.15) is 32.0 Å². The molecule has 1 saturated heterocycles. The van der Waals surface area contributed by atoms with Gasteiger partial charge in [0.05, 0.1) is 0 Å². The summed E-state index contributed by atoms with van der Waals surface area (Å²) >= 11 is 0. The Morgan fingerprint density at radius 3 is 2.48 bits per heavy atom. The highest BCUT2D eigenvalue weighted by Crippen LogP contribution is 2.13. The van der Waals surface area contributed by atoms with Gasteiger partial charge in [0.15, 0.2) is 0 Å². The monoisotopic (exact) mass is 321 g/mol. The molecule has 128 valence electrons. The van der Waals surface area contributed by atoms with E-state index in [1.54, 1.807) is 4.90 Å². The van der Waals surface area contributed by atoms with Gasteiger partial charge in [-0.2, -0.15) is 0 Å². The van der Waals surface area contributed by atoms with E-state index in [1.807, 2.05) is 33.0 Å². The summed E-state index contributed by atoms with van der Waals surface area (Å²) in [5.74, 6) is 0. The van der Waals surface area contributed by atoms with E-state index in [0.717, 1.165) is 30.9 Å². The Hall–Kier alpha value is -1.66. The van der Waals surface area contributed by atoms with Crippen LogP contribution in [0.25, 0.3) is 0 Å². The van der Waals surface area contributed by atoms with Crippen molar-refractivity contribution in [3.05, 3.63) is 29.6 Å². The summed E-state index contributed by atoms with van der Waals surface area (Å²) in [6, 6.07) is 4.01. The Bertz CT molecular complexity index is 503. The number of aromatic nitrogens is 1. The highest BCUT2D eigenvalue weighted by molar-refractivity contribution is 5.68. The molecule has 1 aromatic heterocycles. The molecule has 2 heterocycles. The normalized spacial score (nSPS) is 16.4. The number of pyridine rings is 1. The Morgan fingerprint density at radius 2 is 1.96 bits per heavy atom. The summed E-state index contributed by atoms with van der Waals surface area (Å²) < 4.78 is 5.40. The van der Waals surface area contributed by atoms with E-state index in [1.165, 1.54) is 0 Å². The van der Waals surface area contributed by atoms with Gasteiger partial charge in [-0.1, -0.05) is 6.07 Å². The number of ether oxygens (including phenoxy) is 1. The minimum atomic E-state index is -0.448. The molecule has 1 aliphatic heterocycles. The molecule has 6 heteroatoms. The third-order valence-electron chi connectivity index (χ3n) is 3.68. The van der Waals surface area contributed by atoms with Crippen LogP contribution in [0.5, 0.6) is 0 Å². The molecular formula is C17H27N3O3. The number of carbonyl (C=O) groups excluding carboxylic acids is 1. The van der Waals surface area contributed by atoms with Crippen molar-refractivity contribution in [3.8, 4) is 0 Å². The zero-order chi connectivity index (χ0) is 16.9. The molecule has 0 spiro atoms. The van der Waals surface area contributed by atoms with Gasteiger partial charge in [0.2, 0.25) is 0 Å².